The van der Waals surface area contributed by atoms with Crippen molar-refractivity contribution in [1.82, 2.24) is 10.3 Å². The Labute approximate surface area is 171 Å². The lowest BCUT2D eigenvalue weighted by atomic mass is 9.89. The van der Waals surface area contributed by atoms with Crippen LogP contribution in [0.25, 0.3) is 10.9 Å². The van der Waals surface area contributed by atoms with Crippen LogP contribution >= 0.6 is 0 Å². The first-order chi connectivity index (χ1) is 13.7. The molecule has 0 atom stereocenters. The number of fused-ring (bicyclic) bond motifs is 1. The number of nitrogens with zero attached hydrogens (tertiary/aromatic N) is 1. The van der Waals surface area contributed by atoms with Crippen LogP contribution in [0.1, 0.15) is 63.0 Å². The van der Waals surface area contributed by atoms with Gasteiger partial charge in [-0.2, -0.15) is 0 Å². The zero-order valence-electron chi connectivity index (χ0n) is 17.8. The molecule has 1 aromatic heterocycles. The van der Waals surface area contributed by atoms with E-state index in [4.69, 9.17) is 10.5 Å². The van der Waals surface area contributed by atoms with Gasteiger partial charge >= 0.3 is 5.97 Å². The molecule has 0 bridgehead atoms. The van der Waals surface area contributed by atoms with Gasteiger partial charge in [0, 0.05) is 6.04 Å². The van der Waals surface area contributed by atoms with Crippen LogP contribution in [0.15, 0.2) is 18.2 Å². The number of benzene rings is 1. The Morgan fingerprint density at radius 3 is 2.52 bits per heavy atom. The van der Waals surface area contributed by atoms with Crippen LogP contribution in [0.5, 0.6) is 5.75 Å². The second kappa shape index (κ2) is 9.11. The fourth-order valence-electron chi connectivity index (χ4n) is 3.09. The van der Waals surface area contributed by atoms with Gasteiger partial charge in [-0.15, -0.1) is 0 Å². The molecule has 7 heteroatoms. The van der Waals surface area contributed by atoms with Crippen LogP contribution in [-0.2, 0) is 4.79 Å². The van der Waals surface area contributed by atoms with Gasteiger partial charge in [-0.05, 0) is 52.2 Å². The van der Waals surface area contributed by atoms with Crippen molar-refractivity contribution in [2.24, 2.45) is 5.41 Å². The number of aromatic carboxylic acids is 1. The Hall–Kier alpha value is -2.83. The Morgan fingerprint density at radius 2 is 1.97 bits per heavy atom. The van der Waals surface area contributed by atoms with Gasteiger partial charge in [-0.25, -0.2) is 4.79 Å². The summed E-state index contributed by atoms with van der Waals surface area (Å²) in [6.07, 6.45) is 3.19. The molecular formula is C22H31N3O4. The van der Waals surface area contributed by atoms with Gasteiger partial charge in [0.15, 0.2) is 0 Å². The van der Waals surface area contributed by atoms with Gasteiger partial charge in [-0.3, -0.25) is 9.78 Å². The fraction of sp³-hybridized carbons (Fsp3) is 0.500. The summed E-state index contributed by atoms with van der Waals surface area (Å²) >= 11 is 0. The van der Waals surface area contributed by atoms with E-state index in [1.165, 1.54) is 0 Å². The van der Waals surface area contributed by atoms with Crippen molar-refractivity contribution in [3.8, 4) is 5.75 Å². The van der Waals surface area contributed by atoms with Gasteiger partial charge in [0.05, 0.1) is 27.7 Å². The van der Waals surface area contributed by atoms with Crippen molar-refractivity contribution in [3.63, 3.8) is 0 Å². The molecule has 0 unspecified atom stereocenters. The number of hydrogen-bond donors (Lipinski definition) is 3. The number of nitrogen functional groups attached to an aromatic ring is 1. The Bertz CT molecular complexity index is 905. The molecule has 1 amide bonds. The number of aromatic nitrogens is 1. The first kappa shape index (κ1) is 22.5. The number of carbonyl (C=O) groups excluding carboxylic acids is 1. The van der Waals surface area contributed by atoms with E-state index in [-0.39, 0.29) is 29.8 Å². The summed E-state index contributed by atoms with van der Waals surface area (Å²) in [6, 6.07) is 5.49. The van der Waals surface area contributed by atoms with Crippen molar-refractivity contribution < 1.29 is 19.4 Å². The Kier molecular flexibility index (Phi) is 7.06. The molecule has 2 aromatic rings. The van der Waals surface area contributed by atoms with Crippen molar-refractivity contribution in [3.05, 3.63) is 29.5 Å². The quantitative estimate of drug-likeness (QED) is 0.676. The highest BCUT2D eigenvalue weighted by Crippen LogP contribution is 2.34. The standard InChI is InChI=1S/C20H25N3O4.C2H6/c1-11-15(18(24)25)17(21)16-13(22-11)8-5-9-14(16)27-10-20(2,3)19(26)23-12-6-4-7-12;1-2/h5,8-9,12H,4,6-7,10H2,1-3H3,(H2,21,22)(H,23,26)(H,24,25);1-2H3. The van der Waals surface area contributed by atoms with Crippen molar-refractivity contribution in [2.45, 2.75) is 59.9 Å². The van der Waals surface area contributed by atoms with Gasteiger partial charge in [0.2, 0.25) is 5.91 Å². The van der Waals surface area contributed by atoms with Crippen molar-refractivity contribution in [1.29, 1.82) is 0 Å². The monoisotopic (exact) mass is 401 g/mol. The van der Waals surface area contributed by atoms with Crippen LogP contribution in [0.4, 0.5) is 5.69 Å². The van der Waals surface area contributed by atoms with E-state index in [0.717, 1.165) is 19.3 Å². The summed E-state index contributed by atoms with van der Waals surface area (Å²) in [5.74, 6) is -0.764. The predicted molar refractivity (Wildman–Crippen MR) is 114 cm³/mol. The molecule has 158 valence electrons. The lowest BCUT2D eigenvalue weighted by Crippen LogP contribution is -2.47. The van der Waals surface area contributed by atoms with Gasteiger partial charge in [0.25, 0.3) is 0 Å². The maximum atomic E-state index is 12.5. The summed E-state index contributed by atoms with van der Waals surface area (Å²) in [5.41, 5.74) is 6.40. The van der Waals surface area contributed by atoms with Gasteiger partial charge in [0.1, 0.15) is 17.9 Å². The minimum absolute atomic E-state index is 0.0273. The van der Waals surface area contributed by atoms with Crippen LogP contribution in [0.2, 0.25) is 0 Å². The van der Waals surface area contributed by atoms with Gasteiger partial charge in [-0.1, -0.05) is 19.9 Å². The largest absolute Gasteiger partial charge is 0.492 e. The van der Waals surface area contributed by atoms with Crippen molar-refractivity contribution >= 4 is 28.5 Å². The highest BCUT2D eigenvalue weighted by molar-refractivity contribution is 6.06. The predicted octanol–water partition coefficient (Wildman–Crippen LogP) is 3.92. The fourth-order valence-corrected chi connectivity index (χ4v) is 3.09. The number of amides is 1. The minimum atomic E-state index is -1.13. The number of anilines is 1. The zero-order valence-corrected chi connectivity index (χ0v) is 17.8. The van der Waals surface area contributed by atoms with E-state index >= 15 is 0 Å². The summed E-state index contributed by atoms with van der Waals surface area (Å²) in [7, 11) is 0. The normalized spacial score (nSPS) is 13.8. The third-order valence-electron chi connectivity index (χ3n) is 5.05. The molecule has 1 aliphatic carbocycles. The molecule has 4 N–H and O–H groups in total. The molecule has 1 aromatic carbocycles. The molecule has 1 heterocycles. The zero-order chi connectivity index (χ0) is 21.8. The highest BCUT2D eigenvalue weighted by Gasteiger charge is 2.32. The average molecular weight is 402 g/mol. The molecule has 29 heavy (non-hydrogen) atoms. The van der Waals surface area contributed by atoms with Crippen LogP contribution in [0, 0.1) is 12.3 Å². The van der Waals surface area contributed by atoms with Crippen LogP contribution in [-0.4, -0.2) is 34.6 Å². The van der Waals surface area contributed by atoms with Gasteiger partial charge < -0.3 is 20.9 Å². The van der Waals surface area contributed by atoms with E-state index in [2.05, 4.69) is 10.3 Å². The molecular weight excluding hydrogens is 370 g/mol. The van der Waals surface area contributed by atoms with Crippen LogP contribution < -0.4 is 15.8 Å². The van der Waals surface area contributed by atoms with E-state index < -0.39 is 11.4 Å². The lowest BCUT2D eigenvalue weighted by Gasteiger charge is -2.31. The average Bonchev–Trinajstić information content (AvgIpc) is 2.63. The minimum Gasteiger partial charge on any atom is -0.492 e. The van der Waals surface area contributed by atoms with Crippen LogP contribution in [0.3, 0.4) is 0 Å². The van der Waals surface area contributed by atoms with E-state index in [1.54, 1.807) is 25.1 Å². The maximum absolute atomic E-state index is 12.5. The second-order valence-corrected chi connectivity index (χ2v) is 7.72. The SMILES string of the molecule is CC.Cc1nc2cccc(OCC(C)(C)C(=O)NC3CCC3)c2c(N)c1C(=O)O. The third-order valence-corrected chi connectivity index (χ3v) is 5.05. The Balaban J connectivity index is 0.00000145. The molecule has 0 radical (unpaired) electrons. The lowest BCUT2D eigenvalue weighted by molar-refractivity contribution is -0.132. The summed E-state index contributed by atoms with van der Waals surface area (Å²) in [4.78, 5) is 28.4. The third kappa shape index (κ3) is 4.78. The summed E-state index contributed by atoms with van der Waals surface area (Å²) in [6.45, 7) is 9.39. The first-order valence-electron chi connectivity index (χ1n) is 10.1. The number of carboxylic acids is 1. The summed E-state index contributed by atoms with van der Waals surface area (Å²) < 4.78 is 5.92. The van der Waals surface area contributed by atoms with E-state index in [9.17, 15) is 14.7 Å². The number of rotatable bonds is 6. The molecule has 7 nitrogen and oxygen atoms in total. The number of carbonyl (C=O) groups is 2. The number of nitrogens with one attached hydrogen (secondary N) is 1. The topological polar surface area (TPSA) is 115 Å². The molecule has 1 aliphatic rings. The smallest absolute Gasteiger partial charge is 0.339 e. The van der Waals surface area contributed by atoms with E-state index in [1.807, 2.05) is 27.7 Å². The van der Waals surface area contributed by atoms with E-state index in [0.29, 0.717) is 22.3 Å². The molecule has 0 aliphatic heterocycles. The molecule has 1 saturated carbocycles. The number of ether oxygens (including phenoxy) is 1. The molecule has 3 rings (SSSR count). The summed E-state index contributed by atoms with van der Waals surface area (Å²) in [5, 5.41) is 12.9. The number of nitrogens with two attached hydrogens (primary N) is 1. The maximum Gasteiger partial charge on any atom is 0.339 e. The number of aryl methyl sites for hydroxylation is 1. The number of carboxylic acid groups (broad SMARTS) is 1. The van der Waals surface area contributed by atoms with Crippen molar-refractivity contribution in [2.75, 3.05) is 12.3 Å². The molecule has 0 saturated heterocycles. The molecule has 0 spiro atoms. The Morgan fingerprint density at radius 1 is 1.31 bits per heavy atom. The first-order valence-corrected chi connectivity index (χ1v) is 10.1. The molecule has 1 fully saturated rings. The number of pyridine rings is 1. The second-order valence-electron chi connectivity index (χ2n) is 7.72. The number of hydrogen-bond acceptors (Lipinski definition) is 5. The highest BCUT2D eigenvalue weighted by atomic mass is 16.5.